The lowest BCUT2D eigenvalue weighted by molar-refractivity contribution is -0.119. The molecule has 0 aromatic heterocycles. The number of ether oxygens (including phenoxy) is 1. The fourth-order valence-electron chi connectivity index (χ4n) is 3.57. The van der Waals surface area contributed by atoms with E-state index in [-0.39, 0.29) is 33.1 Å². The number of carbonyl (C=O) groups excluding carboxylic acids is 2. The Bertz CT molecular complexity index is 1640. The first kappa shape index (κ1) is 29.6. The number of anilines is 2. The van der Waals surface area contributed by atoms with Crippen LogP contribution in [0.2, 0.25) is 10.0 Å². The zero-order valence-corrected chi connectivity index (χ0v) is 23.7. The standard InChI is InChI=1S/C29H24Cl2N4O5S/c30-25-12-7-13-26(29(25)31)35(41(38,39)24-10-5-2-6-11-24)19-27(36)34-32-18-21-14-16-23(17-15-21)40-20-28(37)33-22-8-3-1-4-9-22/h1-18H,19-20H2,(H,33,37)(H,34,36)/b32-18+. The second-order valence-corrected chi connectivity index (χ2v) is 11.1. The number of hydrogen-bond donors (Lipinski definition) is 2. The van der Waals surface area contributed by atoms with Crippen LogP contribution in [-0.4, -0.2) is 39.6 Å². The van der Waals surface area contributed by atoms with Crippen LogP contribution in [0.4, 0.5) is 11.4 Å². The third-order valence-electron chi connectivity index (χ3n) is 5.53. The minimum atomic E-state index is -4.16. The lowest BCUT2D eigenvalue weighted by Crippen LogP contribution is -2.39. The molecular formula is C29H24Cl2N4O5S. The van der Waals surface area contributed by atoms with Crippen molar-refractivity contribution in [2.24, 2.45) is 5.10 Å². The number of para-hydroxylation sites is 1. The summed E-state index contributed by atoms with van der Waals surface area (Å²) in [6.45, 7) is -0.774. The number of benzene rings is 4. The second kappa shape index (κ2) is 13.8. The summed E-state index contributed by atoms with van der Waals surface area (Å²) < 4.78 is 33.2. The highest BCUT2D eigenvalue weighted by Crippen LogP contribution is 2.35. The molecule has 0 aliphatic heterocycles. The Morgan fingerprint density at radius 1 is 0.829 bits per heavy atom. The summed E-state index contributed by atoms with van der Waals surface area (Å²) >= 11 is 12.4. The molecule has 4 aromatic rings. The molecule has 0 saturated carbocycles. The summed E-state index contributed by atoms with van der Waals surface area (Å²) in [6.07, 6.45) is 1.38. The molecule has 0 radical (unpaired) electrons. The van der Waals surface area contributed by atoms with Crippen molar-refractivity contribution >= 4 is 62.6 Å². The van der Waals surface area contributed by atoms with Crippen LogP contribution in [0, 0.1) is 0 Å². The van der Waals surface area contributed by atoms with Gasteiger partial charge in [-0.25, -0.2) is 13.8 Å². The van der Waals surface area contributed by atoms with Crippen LogP contribution >= 0.6 is 23.2 Å². The van der Waals surface area contributed by atoms with Crippen LogP contribution in [0.3, 0.4) is 0 Å². The minimum Gasteiger partial charge on any atom is -0.484 e. The summed E-state index contributed by atoms with van der Waals surface area (Å²) in [5.74, 6) is -0.539. The number of rotatable bonds is 11. The summed E-state index contributed by atoms with van der Waals surface area (Å²) in [6, 6.07) is 27.9. The van der Waals surface area contributed by atoms with Crippen molar-refractivity contribution in [3.8, 4) is 5.75 Å². The molecular weight excluding hydrogens is 587 g/mol. The fourth-order valence-corrected chi connectivity index (χ4v) is 5.47. The van der Waals surface area contributed by atoms with Gasteiger partial charge in [0.05, 0.1) is 26.8 Å². The molecule has 0 saturated heterocycles. The van der Waals surface area contributed by atoms with Crippen molar-refractivity contribution in [3.05, 3.63) is 119 Å². The van der Waals surface area contributed by atoms with Gasteiger partial charge in [0.1, 0.15) is 12.3 Å². The van der Waals surface area contributed by atoms with E-state index in [4.69, 9.17) is 27.9 Å². The molecule has 4 aromatic carbocycles. The van der Waals surface area contributed by atoms with Crippen molar-refractivity contribution in [1.29, 1.82) is 0 Å². The Balaban J connectivity index is 1.37. The molecule has 0 unspecified atom stereocenters. The highest BCUT2D eigenvalue weighted by atomic mass is 35.5. The lowest BCUT2D eigenvalue weighted by atomic mass is 10.2. The number of hydrogen-bond acceptors (Lipinski definition) is 6. The molecule has 0 spiro atoms. The average molecular weight is 612 g/mol. The van der Waals surface area contributed by atoms with Crippen molar-refractivity contribution in [2.45, 2.75) is 4.90 Å². The van der Waals surface area contributed by atoms with Gasteiger partial charge < -0.3 is 10.1 Å². The molecule has 0 atom stereocenters. The Labute approximate surface area is 247 Å². The number of nitrogens with zero attached hydrogens (tertiary/aromatic N) is 2. The topological polar surface area (TPSA) is 117 Å². The van der Waals surface area contributed by atoms with Crippen LogP contribution in [-0.2, 0) is 19.6 Å². The molecule has 9 nitrogen and oxygen atoms in total. The quantitative estimate of drug-likeness (QED) is 0.175. The molecule has 0 heterocycles. The number of carbonyl (C=O) groups is 2. The summed E-state index contributed by atoms with van der Waals surface area (Å²) in [4.78, 5) is 24.8. The van der Waals surface area contributed by atoms with Crippen LogP contribution in [0.25, 0.3) is 0 Å². The van der Waals surface area contributed by atoms with Gasteiger partial charge in [0.15, 0.2) is 6.61 Å². The third-order valence-corrected chi connectivity index (χ3v) is 8.11. The number of amides is 2. The van der Waals surface area contributed by atoms with Crippen LogP contribution in [0.1, 0.15) is 5.56 Å². The molecule has 2 N–H and O–H groups in total. The van der Waals surface area contributed by atoms with Crippen molar-refractivity contribution < 1.29 is 22.7 Å². The van der Waals surface area contributed by atoms with Gasteiger partial charge >= 0.3 is 0 Å². The van der Waals surface area contributed by atoms with Gasteiger partial charge in [0.2, 0.25) is 0 Å². The van der Waals surface area contributed by atoms with Crippen molar-refractivity contribution in [2.75, 3.05) is 22.8 Å². The minimum absolute atomic E-state index is 0.00942. The smallest absolute Gasteiger partial charge is 0.264 e. The molecule has 41 heavy (non-hydrogen) atoms. The maximum Gasteiger partial charge on any atom is 0.264 e. The van der Waals surface area contributed by atoms with Crippen molar-refractivity contribution in [3.63, 3.8) is 0 Å². The Hall–Kier alpha value is -4.38. The second-order valence-electron chi connectivity index (χ2n) is 8.46. The zero-order valence-electron chi connectivity index (χ0n) is 21.4. The molecule has 12 heteroatoms. The fraction of sp³-hybridized carbons (Fsp3) is 0.0690. The molecule has 210 valence electrons. The van der Waals surface area contributed by atoms with Gasteiger partial charge in [-0.3, -0.25) is 13.9 Å². The number of halogens is 2. The Morgan fingerprint density at radius 3 is 2.17 bits per heavy atom. The molecule has 2 amide bonds. The molecule has 0 aliphatic carbocycles. The first-order chi connectivity index (χ1) is 19.7. The highest BCUT2D eigenvalue weighted by Gasteiger charge is 2.29. The van der Waals surface area contributed by atoms with E-state index in [1.54, 1.807) is 54.6 Å². The largest absolute Gasteiger partial charge is 0.484 e. The predicted octanol–water partition coefficient (Wildman–Crippen LogP) is 5.36. The first-order valence-corrected chi connectivity index (χ1v) is 14.3. The van der Waals surface area contributed by atoms with E-state index in [0.717, 1.165) is 4.31 Å². The monoisotopic (exact) mass is 610 g/mol. The SMILES string of the molecule is O=C(CN(c1cccc(Cl)c1Cl)S(=O)(=O)c1ccccc1)N/N=C/c1ccc(OCC(=O)Nc2ccccc2)cc1. The van der Waals surface area contributed by atoms with E-state index < -0.39 is 22.5 Å². The van der Waals surface area contributed by atoms with E-state index in [9.17, 15) is 18.0 Å². The maximum atomic E-state index is 13.4. The van der Waals surface area contributed by atoms with Crippen molar-refractivity contribution in [1.82, 2.24) is 5.43 Å². The van der Waals surface area contributed by atoms with Gasteiger partial charge in [-0.1, -0.05) is 65.7 Å². The van der Waals surface area contributed by atoms with E-state index in [1.165, 1.54) is 36.5 Å². The summed E-state index contributed by atoms with van der Waals surface area (Å²) in [5, 5.41) is 6.78. The third kappa shape index (κ3) is 8.07. The normalized spacial score (nSPS) is 11.2. The van der Waals surface area contributed by atoms with Gasteiger partial charge in [0.25, 0.3) is 21.8 Å². The summed E-state index contributed by atoms with van der Waals surface area (Å²) in [5.41, 5.74) is 3.68. The highest BCUT2D eigenvalue weighted by molar-refractivity contribution is 7.92. The Kier molecular flexibility index (Phi) is 9.96. The van der Waals surface area contributed by atoms with Gasteiger partial charge in [-0.05, 0) is 66.2 Å². The molecule has 0 aliphatic rings. The molecule has 4 rings (SSSR count). The Morgan fingerprint density at radius 2 is 1.49 bits per heavy atom. The first-order valence-electron chi connectivity index (χ1n) is 12.2. The zero-order chi connectivity index (χ0) is 29.2. The van der Waals surface area contributed by atoms with E-state index in [1.807, 2.05) is 18.2 Å². The lowest BCUT2D eigenvalue weighted by Gasteiger charge is -2.24. The average Bonchev–Trinajstić information content (AvgIpc) is 2.98. The van der Waals surface area contributed by atoms with Gasteiger partial charge in [-0.2, -0.15) is 5.10 Å². The molecule has 0 bridgehead atoms. The molecule has 0 fully saturated rings. The van der Waals surface area contributed by atoms with Gasteiger partial charge in [0, 0.05) is 5.69 Å². The number of hydrazone groups is 1. The van der Waals surface area contributed by atoms with Crippen LogP contribution < -0.4 is 19.8 Å². The number of nitrogens with one attached hydrogen (secondary N) is 2. The van der Waals surface area contributed by atoms with Gasteiger partial charge in [-0.15, -0.1) is 0 Å². The van der Waals surface area contributed by atoms with E-state index in [2.05, 4.69) is 15.8 Å². The predicted molar refractivity (Wildman–Crippen MR) is 160 cm³/mol. The van der Waals surface area contributed by atoms with Crippen LogP contribution in [0.5, 0.6) is 5.75 Å². The maximum absolute atomic E-state index is 13.4. The summed E-state index contributed by atoms with van der Waals surface area (Å²) in [7, 11) is -4.16. The number of sulfonamides is 1. The van der Waals surface area contributed by atoms with E-state index >= 15 is 0 Å². The van der Waals surface area contributed by atoms with E-state index in [0.29, 0.717) is 17.0 Å². The van der Waals surface area contributed by atoms with Crippen LogP contribution in [0.15, 0.2) is 113 Å².